The third-order valence-corrected chi connectivity index (χ3v) is 3.71. The van der Waals surface area contributed by atoms with Gasteiger partial charge in [0.2, 0.25) is 0 Å². The number of hydrogen-bond donors (Lipinski definition) is 1. The summed E-state index contributed by atoms with van der Waals surface area (Å²) >= 11 is 6.14. The summed E-state index contributed by atoms with van der Waals surface area (Å²) in [5, 5.41) is 10.0. The quantitative estimate of drug-likeness (QED) is 0.418. The molecule has 0 aliphatic rings. The van der Waals surface area contributed by atoms with Crippen LogP contribution in [0.4, 0.5) is 13.6 Å². The van der Waals surface area contributed by atoms with E-state index >= 15 is 0 Å². The second-order valence-electron chi connectivity index (χ2n) is 6.65. The summed E-state index contributed by atoms with van der Waals surface area (Å²) in [6.07, 6.45) is -2.60. The van der Waals surface area contributed by atoms with E-state index in [4.69, 9.17) is 21.9 Å². The summed E-state index contributed by atoms with van der Waals surface area (Å²) in [5.74, 6) is -0.578. The molecule has 0 aliphatic heterocycles. The number of alkyl halides is 2. The van der Waals surface area contributed by atoms with Crippen LogP contribution in [0.25, 0.3) is 16.1 Å². The van der Waals surface area contributed by atoms with Crippen molar-refractivity contribution in [3.05, 3.63) is 51.4 Å². The molecule has 150 valence electrons. The van der Waals surface area contributed by atoms with Crippen LogP contribution in [0.5, 0.6) is 0 Å². The molecule has 1 heterocycles. The highest BCUT2D eigenvalue weighted by molar-refractivity contribution is 6.32. The summed E-state index contributed by atoms with van der Waals surface area (Å²) in [6, 6.07) is 3.71. The Morgan fingerprint density at radius 2 is 2.18 bits per heavy atom. The van der Waals surface area contributed by atoms with E-state index in [-0.39, 0.29) is 17.3 Å². The summed E-state index contributed by atoms with van der Waals surface area (Å²) in [4.78, 5) is 18.3. The molecule has 28 heavy (non-hydrogen) atoms. The fourth-order valence-electron chi connectivity index (χ4n) is 2.30. The Labute approximate surface area is 164 Å². The number of carbonyl (C=O) groups excluding carboxylic acids is 1. The number of ether oxygens (including phenoxy) is 1. The fourth-order valence-corrected chi connectivity index (χ4v) is 2.49. The summed E-state index contributed by atoms with van der Waals surface area (Å²) < 4.78 is 32.4. The highest BCUT2D eigenvalue weighted by Crippen LogP contribution is 2.28. The van der Waals surface area contributed by atoms with Gasteiger partial charge in [0, 0.05) is 4.91 Å². The molecule has 0 spiro atoms. The van der Waals surface area contributed by atoms with Crippen LogP contribution in [0, 0.1) is 0 Å². The lowest BCUT2D eigenvalue weighted by Crippen LogP contribution is -2.36. The van der Waals surface area contributed by atoms with Crippen LogP contribution in [-0.2, 0) is 4.74 Å². The zero-order valence-electron chi connectivity index (χ0n) is 15.3. The molecule has 1 aromatic heterocycles. The Balaban J connectivity index is 2.40. The van der Waals surface area contributed by atoms with E-state index in [0.717, 1.165) is 11.0 Å². The minimum atomic E-state index is -2.86. The van der Waals surface area contributed by atoms with Gasteiger partial charge < -0.3 is 10.1 Å². The second-order valence-corrected chi connectivity index (χ2v) is 7.06. The van der Waals surface area contributed by atoms with Crippen LogP contribution >= 0.6 is 11.6 Å². The van der Waals surface area contributed by atoms with Crippen LogP contribution < -0.4 is 5.32 Å². The fraction of sp³-hybridized carbons (Fsp3) is 0.438. The average Bonchev–Trinajstić information content (AvgIpc) is 3.07. The number of aromatic nitrogens is 3. The van der Waals surface area contributed by atoms with Gasteiger partial charge in [-0.25, -0.2) is 23.2 Å². The molecule has 9 nitrogen and oxygen atoms in total. The summed E-state index contributed by atoms with van der Waals surface area (Å²) in [5.41, 5.74) is 8.48. The van der Waals surface area contributed by atoms with Crippen molar-refractivity contribution in [1.29, 1.82) is 0 Å². The van der Waals surface area contributed by atoms with E-state index in [2.05, 4.69) is 25.4 Å². The molecular formula is C16H18ClF2N7O2. The number of alkyl carbamates (subject to hydrolysis) is 1. The molecule has 0 saturated carbocycles. The molecule has 1 atom stereocenters. The van der Waals surface area contributed by atoms with Crippen LogP contribution in [0.2, 0.25) is 5.02 Å². The molecule has 2 rings (SSSR count). The number of nitrogens with one attached hydrogen (secondary N) is 1. The minimum Gasteiger partial charge on any atom is -0.444 e. The van der Waals surface area contributed by atoms with E-state index in [1.807, 2.05) is 0 Å². The van der Waals surface area contributed by atoms with E-state index in [1.54, 1.807) is 26.8 Å². The van der Waals surface area contributed by atoms with Crippen molar-refractivity contribution >= 4 is 17.7 Å². The van der Waals surface area contributed by atoms with Gasteiger partial charge in [-0.15, -0.1) is 0 Å². The maximum Gasteiger partial charge on any atom is 0.408 e. The van der Waals surface area contributed by atoms with Crippen LogP contribution in [0.1, 0.15) is 44.6 Å². The van der Waals surface area contributed by atoms with Gasteiger partial charge in [-0.05, 0) is 44.0 Å². The molecule has 0 bridgehead atoms. The van der Waals surface area contributed by atoms with Gasteiger partial charge in [0.25, 0.3) is 6.43 Å². The zero-order valence-corrected chi connectivity index (χ0v) is 16.1. The van der Waals surface area contributed by atoms with Crippen molar-refractivity contribution in [2.45, 2.75) is 38.8 Å². The average molecular weight is 414 g/mol. The summed E-state index contributed by atoms with van der Waals surface area (Å²) in [7, 11) is 0. The molecule has 2 aromatic rings. The first-order valence-corrected chi connectivity index (χ1v) is 8.48. The standard InChI is InChI=1S/C16H18ClF2N7O2/c1-16(2,3)28-15(27)24-11(7-22-25-20)9-4-5-10(17)12(6-9)26-14(13(18)19)21-8-23-26/h4-6,8,11,13H,7H2,1-3H3,(H,24,27). The Morgan fingerprint density at radius 1 is 1.46 bits per heavy atom. The molecule has 12 heteroatoms. The highest BCUT2D eigenvalue weighted by atomic mass is 35.5. The molecule has 1 N–H and O–H groups in total. The predicted molar refractivity (Wildman–Crippen MR) is 97.4 cm³/mol. The van der Waals surface area contributed by atoms with Gasteiger partial charge in [0.15, 0.2) is 5.82 Å². The van der Waals surface area contributed by atoms with E-state index in [1.165, 1.54) is 12.1 Å². The minimum absolute atomic E-state index is 0.129. The first-order valence-electron chi connectivity index (χ1n) is 8.10. The van der Waals surface area contributed by atoms with E-state index in [0.29, 0.717) is 5.56 Å². The molecule has 0 saturated heterocycles. The maximum absolute atomic E-state index is 13.1. The van der Waals surface area contributed by atoms with Gasteiger partial charge in [-0.3, -0.25) is 0 Å². The number of hydrogen-bond acceptors (Lipinski definition) is 5. The number of amides is 1. The Bertz CT molecular complexity index is 891. The first kappa shape index (κ1) is 21.4. The van der Waals surface area contributed by atoms with Crippen molar-refractivity contribution in [3.63, 3.8) is 0 Å². The van der Waals surface area contributed by atoms with E-state index < -0.39 is 30.0 Å². The Morgan fingerprint density at radius 3 is 2.79 bits per heavy atom. The van der Waals surface area contributed by atoms with Crippen molar-refractivity contribution < 1.29 is 18.3 Å². The molecule has 0 fully saturated rings. The lowest BCUT2D eigenvalue weighted by atomic mass is 10.1. The van der Waals surface area contributed by atoms with Crippen LogP contribution in [-0.4, -0.2) is 33.0 Å². The molecule has 0 aliphatic carbocycles. The summed E-state index contributed by atoms with van der Waals surface area (Å²) in [6.45, 7) is 4.97. The predicted octanol–water partition coefficient (Wildman–Crippen LogP) is 4.73. The van der Waals surface area contributed by atoms with Crippen LogP contribution in [0.3, 0.4) is 0 Å². The van der Waals surface area contributed by atoms with Gasteiger partial charge >= 0.3 is 6.09 Å². The normalized spacial score (nSPS) is 12.4. The Kier molecular flexibility index (Phi) is 6.76. The van der Waals surface area contributed by atoms with Crippen LogP contribution in [0.15, 0.2) is 29.6 Å². The molecule has 0 radical (unpaired) electrons. The smallest absolute Gasteiger partial charge is 0.408 e. The molecule has 1 aromatic carbocycles. The third-order valence-electron chi connectivity index (χ3n) is 3.39. The van der Waals surface area contributed by atoms with E-state index in [9.17, 15) is 13.6 Å². The number of nitrogens with zero attached hydrogens (tertiary/aromatic N) is 6. The van der Waals surface area contributed by atoms with Crippen molar-refractivity contribution in [2.75, 3.05) is 6.54 Å². The highest BCUT2D eigenvalue weighted by Gasteiger charge is 2.23. The second kappa shape index (κ2) is 8.85. The lowest BCUT2D eigenvalue weighted by Gasteiger charge is -2.23. The van der Waals surface area contributed by atoms with Crippen molar-refractivity contribution in [1.82, 2.24) is 20.1 Å². The third kappa shape index (κ3) is 5.54. The number of benzene rings is 1. The number of carbonyl (C=O) groups is 1. The van der Waals surface area contributed by atoms with Crippen molar-refractivity contribution in [3.8, 4) is 5.69 Å². The monoisotopic (exact) mass is 413 g/mol. The van der Waals surface area contributed by atoms with Gasteiger partial charge in [0.05, 0.1) is 23.3 Å². The lowest BCUT2D eigenvalue weighted by molar-refractivity contribution is 0.0505. The number of azide groups is 1. The van der Waals surface area contributed by atoms with Gasteiger partial charge in [-0.2, -0.15) is 5.10 Å². The number of halogens is 3. The van der Waals surface area contributed by atoms with Crippen molar-refractivity contribution in [2.24, 2.45) is 5.11 Å². The zero-order chi connectivity index (χ0) is 20.9. The Hall–Kier alpha value is -2.91. The maximum atomic E-state index is 13.1. The van der Waals surface area contributed by atoms with Gasteiger partial charge in [-0.1, -0.05) is 22.8 Å². The molecular weight excluding hydrogens is 396 g/mol. The molecule has 1 unspecified atom stereocenters. The topological polar surface area (TPSA) is 118 Å². The number of rotatable bonds is 6. The van der Waals surface area contributed by atoms with Gasteiger partial charge in [0.1, 0.15) is 11.9 Å². The first-order chi connectivity index (χ1) is 13.1. The SMILES string of the molecule is CC(C)(C)OC(=O)NC(CN=[N+]=[N-])c1ccc(Cl)c(-n2ncnc2C(F)F)c1. The largest absolute Gasteiger partial charge is 0.444 e. The molecule has 1 amide bonds.